The fourth-order valence-corrected chi connectivity index (χ4v) is 2.70. The van der Waals surface area contributed by atoms with Crippen molar-refractivity contribution in [1.29, 1.82) is 5.26 Å². The fourth-order valence-electron chi connectivity index (χ4n) is 1.74. The lowest BCUT2D eigenvalue weighted by atomic mass is 10.0. The van der Waals surface area contributed by atoms with Gasteiger partial charge in [-0.15, -0.1) is 0 Å². The highest BCUT2D eigenvalue weighted by atomic mass is 79.9. The molecule has 7 heteroatoms. The van der Waals surface area contributed by atoms with E-state index in [1.807, 2.05) is 0 Å². The van der Waals surface area contributed by atoms with Crippen molar-refractivity contribution in [3.8, 4) is 17.3 Å². The van der Waals surface area contributed by atoms with Gasteiger partial charge in [-0.3, -0.25) is 4.79 Å². The molecule has 0 bridgehead atoms. The summed E-state index contributed by atoms with van der Waals surface area (Å²) in [5, 5.41) is 9.44. The summed E-state index contributed by atoms with van der Waals surface area (Å²) in [6.45, 7) is 1.79. The van der Waals surface area contributed by atoms with Crippen LogP contribution in [0.4, 0.5) is 4.39 Å². The molecule has 1 aromatic heterocycles. The van der Waals surface area contributed by atoms with Gasteiger partial charge in [0.2, 0.25) is 0 Å². The van der Waals surface area contributed by atoms with Gasteiger partial charge >= 0.3 is 0 Å². The number of aromatic nitrogens is 2. The molecule has 0 amide bonds. The van der Waals surface area contributed by atoms with Crippen LogP contribution in [0.1, 0.15) is 11.1 Å². The van der Waals surface area contributed by atoms with Crippen LogP contribution in [-0.2, 0) is 0 Å². The molecule has 0 aliphatic carbocycles. The lowest BCUT2D eigenvalue weighted by Gasteiger charge is -2.08. The summed E-state index contributed by atoms with van der Waals surface area (Å²) in [5.41, 5.74) is 0.223. The Hall–Kier alpha value is -1.65. The van der Waals surface area contributed by atoms with Crippen LogP contribution < -0.4 is 5.56 Å². The first kappa shape index (κ1) is 14.8. The number of hydrogen-bond acceptors (Lipinski definition) is 4. The van der Waals surface area contributed by atoms with Gasteiger partial charge in [0.1, 0.15) is 17.4 Å². The summed E-state index contributed by atoms with van der Waals surface area (Å²) in [5.74, 6) is -0.544. The van der Waals surface area contributed by atoms with E-state index in [1.54, 1.807) is 31.4 Å². The Balaban J connectivity index is 2.85. The molecule has 102 valence electrons. The molecule has 0 fully saturated rings. The average Bonchev–Trinajstić information content (AvgIpc) is 2.41. The van der Waals surface area contributed by atoms with E-state index in [4.69, 9.17) is 5.26 Å². The summed E-state index contributed by atoms with van der Waals surface area (Å²) in [7, 11) is 0. The minimum Gasteiger partial charge on any atom is -0.300 e. The normalized spacial score (nSPS) is 10.3. The quantitative estimate of drug-likeness (QED) is 0.664. The van der Waals surface area contributed by atoms with Crippen LogP contribution in [0.25, 0.3) is 11.3 Å². The van der Waals surface area contributed by atoms with Crippen LogP contribution in [0.15, 0.2) is 26.6 Å². The van der Waals surface area contributed by atoms with Gasteiger partial charge in [0.15, 0.2) is 5.16 Å². The standard InChI is InChI=1S/C13H9BrFN3OS/c1-6-3-7(10(15)9(14)4-6)11-8(5-16)12(19)18-13(17-11)20-2/h3-4H,1-2H3,(H,17,18,19). The zero-order chi connectivity index (χ0) is 14.9. The highest BCUT2D eigenvalue weighted by Crippen LogP contribution is 2.30. The van der Waals surface area contributed by atoms with E-state index >= 15 is 0 Å². The molecule has 0 radical (unpaired) electrons. The van der Waals surface area contributed by atoms with E-state index in [9.17, 15) is 9.18 Å². The van der Waals surface area contributed by atoms with Gasteiger partial charge in [0.05, 0.1) is 10.2 Å². The molecule has 0 aliphatic rings. The van der Waals surface area contributed by atoms with Crippen molar-refractivity contribution in [2.45, 2.75) is 12.1 Å². The number of H-pyrrole nitrogens is 1. The van der Waals surface area contributed by atoms with Gasteiger partial charge in [0, 0.05) is 5.56 Å². The van der Waals surface area contributed by atoms with E-state index < -0.39 is 11.4 Å². The number of aromatic amines is 1. The zero-order valence-corrected chi connectivity index (χ0v) is 13.0. The SMILES string of the molecule is CSc1nc(-c2cc(C)cc(Br)c2F)c(C#N)c(=O)[nH]1. The van der Waals surface area contributed by atoms with Crippen molar-refractivity contribution in [3.05, 3.63) is 43.9 Å². The molecule has 4 nitrogen and oxygen atoms in total. The third kappa shape index (κ3) is 2.62. The van der Waals surface area contributed by atoms with E-state index in [0.717, 1.165) is 5.56 Å². The number of hydrogen-bond donors (Lipinski definition) is 1. The molecule has 2 rings (SSSR count). The minimum atomic E-state index is -0.570. The number of benzene rings is 1. The van der Waals surface area contributed by atoms with Gasteiger partial charge in [0.25, 0.3) is 5.56 Å². The number of rotatable bonds is 2. The smallest absolute Gasteiger partial charge is 0.270 e. The van der Waals surface area contributed by atoms with Crippen LogP contribution in [0.5, 0.6) is 0 Å². The van der Waals surface area contributed by atoms with Crippen molar-refractivity contribution in [3.63, 3.8) is 0 Å². The van der Waals surface area contributed by atoms with Crippen molar-refractivity contribution < 1.29 is 4.39 Å². The van der Waals surface area contributed by atoms with Gasteiger partial charge in [-0.25, -0.2) is 9.37 Å². The Morgan fingerprint density at radius 3 is 2.80 bits per heavy atom. The molecule has 0 atom stereocenters. The molecule has 0 saturated heterocycles. The van der Waals surface area contributed by atoms with Crippen molar-refractivity contribution >= 4 is 27.7 Å². The van der Waals surface area contributed by atoms with Gasteiger partial charge in [-0.1, -0.05) is 11.8 Å². The largest absolute Gasteiger partial charge is 0.300 e. The monoisotopic (exact) mass is 353 g/mol. The molecule has 1 N–H and O–H groups in total. The second-order valence-electron chi connectivity index (χ2n) is 4.02. The molecule has 2 aromatic rings. The third-order valence-electron chi connectivity index (χ3n) is 2.63. The van der Waals surface area contributed by atoms with Gasteiger partial charge in [-0.05, 0) is 46.8 Å². The first-order valence-corrected chi connectivity index (χ1v) is 7.54. The van der Waals surface area contributed by atoms with Crippen molar-refractivity contribution in [2.75, 3.05) is 6.26 Å². The summed E-state index contributed by atoms with van der Waals surface area (Å²) < 4.78 is 14.5. The Bertz CT molecular complexity index is 782. The fraction of sp³-hybridized carbons (Fsp3) is 0.154. The summed E-state index contributed by atoms with van der Waals surface area (Å²) >= 11 is 4.33. The predicted octanol–water partition coefficient (Wildman–Crippen LogP) is 3.24. The molecule has 0 spiro atoms. The topological polar surface area (TPSA) is 69.5 Å². The van der Waals surface area contributed by atoms with E-state index in [0.29, 0.717) is 5.16 Å². The van der Waals surface area contributed by atoms with Crippen molar-refractivity contribution in [1.82, 2.24) is 9.97 Å². The lowest BCUT2D eigenvalue weighted by Crippen LogP contribution is -2.15. The lowest BCUT2D eigenvalue weighted by molar-refractivity contribution is 0.623. The van der Waals surface area contributed by atoms with Crippen LogP contribution in [-0.4, -0.2) is 16.2 Å². The Labute approximate surface area is 127 Å². The maximum atomic E-state index is 14.2. The zero-order valence-electron chi connectivity index (χ0n) is 10.6. The Morgan fingerprint density at radius 1 is 1.50 bits per heavy atom. The summed E-state index contributed by atoms with van der Waals surface area (Å²) in [6, 6.07) is 4.96. The molecular weight excluding hydrogens is 345 g/mol. The number of halogens is 2. The number of aryl methyl sites for hydroxylation is 1. The highest BCUT2D eigenvalue weighted by Gasteiger charge is 2.18. The van der Waals surface area contributed by atoms with Crippen LogP contribution >= 0.6 is 27.7 Å². The first-order chi connectivity index (χ1) is 9.47. The van der Waals surface area contributed by atoms with E-state index in [2.05, 4.69) is 25.9 Å². The minimum absolute atomic E-state index is 0.0579. The van der Waals surface area contributed by atoms with E-state index in [1.165, 1.54) is 11.8 Å². The molecular formula is C13H9BrFN3OS. The van der Waals surface area contributed by atoms with Crippen LogP contribution in [0.3, 0.4) is 0 Å². The molecule has 1 aromatic carbocycles. The number of nitriles is 1. The van der Waals surface area contributed by atoms with Crippen LogP contribution in [0, 0.1) is 24.1 Å². The summed E-state index contributed by atoms with van der Waals surface area (Å²) in [4.78, 5) is 18.5. The first-order valence-electron chi connectivity index (χ1n) is 5.52. The number of nitrogens with one attached hydrogen (secondary N) is 1. The average molecular weight is 354 g/mol. The van der Waals surface area contributed by atoms with Crippen LogP contribution in [0.2, 0.25) is 0 Å². The molecule has 1 heterocycles. The Kier molecular flexibility index (Phi) is 4.26. The Morgan fingerprint density at radius 2 is 2.20 bits per heavy atom. The van der Waals surface area contributed by atoms with Gasteiger partial charge in [-0.2, -0.15) is 5.26 Å². The number of nitrogens with zero attached hydrogens (tertiary/aromatic N) is 2. The maximum Gasteiger partial charge on any atom is 0.270 e. The van der Waals surface area contributed by atoms with Gasteiger partial charge < -0.3 is 4.98 Å². The van der Waals surface area contributed by atoms with E-state index in [-0.39, 0.29) is 21.3 Å². The molecule has 0 aliphatic heterocycles. The highest BCUT2D eigenvalue weighted by molar-refractivity contribution is 9.10. The second kappa shape index (κ2) is 5.77. The van der Waals surface area contributed by atoms with Crippen molar-refractivity contribution in [2.24, 2.45) is 0 Å². The number of thioether (sulfide) groups is 1. The maximum absolute atomic E-state index is 14.2. The third-order valence-corrected chi connectivity index (χ3v) is 3.79. The molecule has 0 saturated carbocycles. The second-order valence-corrected chi connectivity index (χ2v) is 5.67. The molecule has 0 unspecified atom stereocenters. The predicted molar refractivity (Wildman–Crippen MR) is 79.2 cm³/mol. The summed E-state index contributed by atoms with van der Waals surface area (Å²) in [6.07, 6.45) is 1.73. The molecule has 20 heavy (non-hydrogen) atoms.